The van der Waals surface area contributed by atoms with E-state index in [0.29, 0.717) is 5.69 Å². The van der Waals surface area contributed by atoms with Crippen molar-refractivity contribution in [3.8, 4) is 5.75 Å². The summed E-state index contributed by atoms with van der Waals surface area (Å²) in [7, 11) is 1.63. The molecule has 130 valence electrons. The molecule has 0 bridgehead atoms. The first-order valence-electron chi connectivity index (χ1n) is 7.18. The van der Waals surface area contributed by atoms with Crippen LogP contribution < -0.4 is 10.1 Å². The summed E-state index contributed by atoms with van der Waals surface area (Å²) >= 11 is 0. The van der Waals surface area contributed by atoms with Gasteiger partial charge in [-0.1, -0.05) is 20.8 Å². The Morgan fingerprint density at radius 1 is 1.29 bits per heavy atom. The third kappa shape index (κ3) is 4.06. The van der Waals surface area contributed by atoms with Crippen molar-refractivity contribution in [1.29, 1.82) is 0 Å². The molecule has 1 N–H and O–H groups in total. The van der Waals surface area contributed by atoms with Crippen LogP contribution in [0.1, 0.15) is 37.0 Å². The number of benzene rings is 1. The number of aryl methyl sites for hydroxylation is 1. The molecular weight excluding hydrogens is 323 g/mol. The smallest absolute Gasteiger partial charge is 0.387 e. The lowest BCUT2D eigenvalue weighted by molar-refractivity contribution is -0.0521. The fourth-order valence-corrected chi connectivity index (χ4v) is 2.01. The van der Waals surface area contributed by atoms with Gasteiger partial charge in [0.25, 0.3) is 5.91 Å². The summed E-state index contributed by atoms with van der Waals surface area (Å²) in [5.41, 5.74) is 0.935. The number of halogens is 3. The molecule has 24 heavy (non-hydrogen) atoms. The van der Waals surface area contributed by atoms with Crippen molar-refractivity contribution in [2.24, 2.45) is 7.05 Å². The van der Waals surface area contributed by atoms with Gasteiger partial charge in [0.05, 0.1) is 5.69 Å². The molecule has 0 saturated heterocycles. The van der Waals surface area contributed by atoms with E-state index < -0.39 is 24.1 Å². The number of carbonyl (C=O) groups is 1. The molecule has 1 aromatic heterocycles. The highest BCUT2D eigenvalue weighted by molar-refractivity contribution is 6.03. The summed E-state index contributed by atoms with van der Waals surface area (Å²) in [6, 6.07) is 4.87. The van der Waals surface area contributed by atoms with E-state index in [1.807, 2.05) is 20.8 Å². The van der Waals surface area contributed by atoms with E-state index in [9.17, 15) is 18.0 Å². The van der Waals surface area contributed by atoms with Gasteiger partial charge in [0.1, 0.15) is 5.69 Å². The van der Waals surface area contributed by atoms with E-state index in [1.165, 1.54) is 10.7 Å². The molecule has 1 aromatic carbocycles. The van der Waals surface area contributed by atoms with Gasteiger partial charge in [-0.05, 0) is 18.2 Å². The fourth-order valence-electron chi connectivity index (χ4n) is 2.01. The monoisotopic (exact) mass is 341 g/mol. The molecule has 0 unspecified atom stereocenters. The van der Waals surface area contributed by atoms with Crippen molar-refractivity contribution in [3.63, 3.8) is 0 Å². The van der Waals surface area contributed by atoms with Crippen molar-refractivity contribution in [2.75, 3.05) is 5.32 Å². The molecule has 0 fully saturated rings. The van der Waals surface area contributed by atoms with Gasteiger partial charge < -0.3 is 10.1 Å². The number of amides is 1. The average Bonchev–Trinajstić information content (AvgIpc) is 2.83. The van der Waals surface area contributed by atoms with Crippen LogP contribution in [0, 0.1) is 5.82 Å². The van der Waals surface area contributed by atoms with Gasteiger partial charge in [-0.25, -0.2) is 4.39 Å². The number of hydrogen-bond donors (Lipinski definition) is 1. The van der Waals surface area contributed by atoms with Crippen LogP contribution in [0.3, 0.4) is 0 Å². The number of anilines is 1. The van der Waals surface area contributed by atoms with Crippen LogP contribution in [-0.4, -0.2) is 22.3 Å². The van der Waals surface area contributed by atoms with E-state index in [0.717, 1.165) is 17.8 Å². The normalized spacial score (nSPS) is 11.7. The molecule has 0 atom stereocenters. The highest BCUT2D eigenvalue weighted by Crippen LogP contribution is 2.24. The Kier molecular flexibility index (Phi) is 4.86. The minimum absolute atomic E-state index is 0.123. The first kappa shape index (κ1) is 17.8. The average molecular weight is 341 g/mol. The molecule has 1 amide bonds. The van der Waals surface area contributed by atoms with Crippen molar-refractivity contribution in [2.45, 2.75) is 32.8 Å². The maximum Gasteiger partial charge on any atom is 0.387 e. The molecule has 8 heteroatoms. The topological polar surface area (TPSA) is 56.2 Å². The van der Waals surface area contributed by atoms with Crippen LogP contribution in [0.2, 0.25) is 0 Å². The van der Waals surface area contributed by atoms with Crippen molar-refractivity contribution >= 4 is 11.6 Å². The Labute approximate surface area is 137 Å². The van der Waals surface area contributed by atoms with E-state index >= 15 is 0 Å². The summed E-state index contributed by atoms with van der Waals surface area (Å²) < 4.78 is 43.3. The van der Waals surface area contributed by atoms with E-state index in [-0.39, 0.29) is 11.1 Å². The molecule has 1 heterocycles. The first-order chi connectivity index (χ1) is 11.1. The third-order valence-corrected chi connectivity index (χ3v) is 3.29. The predicted molar refractivity (Wildman–Crippen MR) is 82.9 cm³/mol. The molecule has 0 saturated carbocycles. The van der Waals surface area contributed by atoms with Gasteiger partial charge in [0.2, 0.25) is 0 Å². The van der Waals surface area contributed by atoms with E-state index in [4.69, 9.17) is 0 Å². The van der Waals surface area contributed by atoms with E-state index in [1.54, 1.807) is 13.1 Å². The van der Waals surface area contributed by atoms with Gasteiger partial charge in [0.15, 0.2) is 11.6 Å². The Morgan fingerprint density at radius 3 is 2.46 bits per heavy atom. The molecule has 0 aliphatic rings. The van der Waals surface area contributed by atoms with Gasteiger partial charge in [-0.3, -0.25) is 9.48 Å². The standard InChI is InChI=1S/C16H18F3N3O2/c1-16(2,3)13-8-11(22(4)21-13)14(23)20-9-5-6-12(10(17)7-9)24-15(18)19/h5-8,15H,1-4H3,(H,20,23). The Bertz CT molecular complexity index is 752. The van der Waals surface area contributed by atoms with Crippen molar-refractivity contribution in [1.82, 2.24) is 9.78 Å². The van der Waals surface area contributed by atoms with E-state index in [2.05, 4.69) is 15.2 Å². The second kappa shape index (κ2) is 6.54. The van der Waals surface area contributed by atoms with Crippen LogP contribution in [0.25, 0.3) is 0 Å². The molecule has 0 aliphatic heterocycles. The molecular formula is C16H18F3N3O2. The number of rotatable bonds is 4. The van der Waals surface area contributed by atoms with Crippen LogP contribution in [0.5, 0.6) is 5.75 Å². The lowest BCUT2D eigenvalue weighted by Crippen LogP contribution is -2.16. The molecule has 0 radical (unpaired) electrons. The van der Waals surface area contributed by atoms with Crippen LogP contribution in [0.15, 0.2) is 24.3 Å². The zero-order chi connectivity index (χ0) is 18.1. The van der Waals surface area contributed by atoms with Gasteiger partial charge in [0, 0.05) is 24.2 Å². The molecule has 5 nitrogen and oxygen atoms in total. The lowest BCUT2D eigenvalue weighted by atomic mass is 9.92. The second-order valence-electron chi connectivity index (χ2n) is 6.27. The number of carbonyl (C=O) groups excluding carboxylic acids is 1. The summed E-state index contributed by atoms with van der Waals surface area (Å²) in [4.78, 5) is 12.3. The second-order valence-corrected chi connectivity index (χ2v) is 6.27. The maximum atomic E-state index is 13.7. The number of nitrogens with zero attached hydrogens (tertiary/aromatic N) is 2. The van der Waals surface area contributed by atoms with Gasteiger partial charge >= 0.3 is 6.61 Å². The summed E-state index contributed by atoms with van der Waals surface area (Å²) in [6.07, 6.45) is 0. The SMILES string of the molecule is Cn1nc(C(C)(C)C)cc1C(=O)Nc1ccc(OC(F)F)c(F)c1. The number of ether oxygens (including phenoxy) is 1. The predicted octanol–water partition coefficient (Wildman–Crippen LogP) is 3.71. The first-order valence-corrected chi connectivity index (χ1v) is 7.18. The minimum atomic E-state index is -3.12. The Hall–Kier alpha value is -2.51. The van der Waals surface area contributed by atoms with Crippen LogP contribution in [0.4, 0.5) is 18.9 Å². The largest absolute Gasteiger partial charge is 0.432 e. The Balaban J connectivity index is 2.18. The highest BCUT2D eigenvalue weighted by atomic mass is 19.3. The quantitative estimate of drug-likeness (QED) is 0.922. The van der Waals surface area contributed by atoms with Crippen LogP contribution in [-0.2, 0) is 12.5 Å². The number of aromatic nitrogens is 2. The maximum absolute atomic E-state index is 13.7. The highest BCUT2D eigenvalue weighted by Gasteiger charge is 2.22. The van der Waals surface area contributed by atoms with Gasteiger partial charge in [-0.15, -0.1) is 0 Å². The number of hydrogen-bond acceptors (Lipinski definition) is 3. The minimum Gasteiger partial charge on any atom is -0.432 e. The summed E-state index contributed by atoms with van der Waals surface area (Å²) in [6.45, 7) is 2.78. The molecule has 2 aromatic rings. The summed E-state index contributed by atoms with van der Waals surface area (Å²) in [5.74, 6) is -2.06. The number of alkyl halides is 2. The lowest BCUT2D eigenvalue weighted by Gasteiger charge is -2.13. The molecule has 0 aliphatic carbocycles. The van der Waals surface area contributed by atoms with Gasteiger partial charge in [-0.2, -0.15) is 13.9 Å². The summed E-state index contributed by atoms with van der Waals surface area (Å²) in [5, 5.41) is 6.79. The Morgan fingerprint density at radius 2 is 1.96 bits per heavy atom. The third-order valence-electron chi connectivity index (χ3n) is 3.29. The molecule has 0 spiro atoms. The zero-order valence-corrected chi connectivity index (χ0v) is 13.7. The number of nitrogens with one attached hydrogen (secondary N) is 1. The fraction of sp³-hybridized carbons (Fsp3) is 0.375. The van der Waals surface area contributed by atoms with Crippen molar-refractivity contribution in [3.05, 3.63) is 41.5 Å². The van der Waals surface area contributed by atoms with Crippen molar-refractivity contribution < 1.29 is 22.7 Å². The molecule has 2 rings (SSSR count). The zero-order valence-electron chi connectivity index (χ0n) is 13.7. The van der Waals surface area contributed by atoms with Crippen LogP contribution >= 0.6 is 0 Å².